The van der Waals surface area contributed by atoms with Gasteiger partial charge in [-0.1, -0.05) is 13.3 Å². The Morgan fingerprint density at radius 1 is 1.53 bits per heavy atom. The van der Waals surface area contributed by atoms with Gasteiger partial charge in [0.05, 0.1) is 11.1 Å². The number of hydrogen-bond acceptors (Lipinski definition) is 3. The maximum Gasteiger partial charge on any atom is 0.255 e. The number of rotatable bonds is 3. The molecule has 0 spiro atoms. The van der Waals surface area contributed by atoms with Crippen molar-refractivity contribution in [2.45, 2.75) is 32.2 Å². The van der Waals surface area contributed by atoms with Gasteiger partial charge in [-0.05, 0) is 25.0 Å². The van der Waals surface area contributed by atoms with Crippen molar-refractivity contribution < 1.29 is 4.79 Å². The molecule has 0 unspecified atom stereocenters. The molecule has 0 radical (unpaired) electrons. The second-order valence-electron chi connectivity index (χ2n) is 5.02. The smallest absolute Gasteiger partial charge is 0.255 e. The molecule has 4 heteroatoms. The van der Waals surface area contributed by atoms with Crippen LogP contribution in [-0.4, -0.2) is 34.4 Å². The molecule has 1 aliphatic rings. The van der Waals surface area contributed by atoms with E-state index >= 15 is 0 Å². The van der Waals surface area contributed by atoms with Crippen molar-refractivity contribution in [1.29, 1.82) is 0 Å². The van der Waals surface area contributed by atoms with E-state index in [0.717, 1.165) is 18.4 Å². The molecular formula is C13H19N3O. The normalized spacial score (nSPS) is 17.7. The highest BCUT2D eigenvalue weighted by atomic mass is 16.2. The fourth-order valence-electron chi connectivity index (χ4n) is 2.37. The van der Waals surface area contributed by atoms with Gasteiger partial charge in [-0.2, -0.15) is 0 Å². The Morgan fingerprint density at radius 2 is 2.24 bits per heavy atom. The number of amides is 1. The summed E-state index contributed by atoms with van der Waals surface area (Å²) >= 11 is 0. The van der Waals surface area contributed by atoms with Crippen molar-refractivity contribution in [2.24, 2.45) is 5.73 Å². The fourth-order valence-corrected chi connectivity index (χ4v) is 2.37. The summed E-state index contributed by atoms with van der Waals surface area (Å²) in [5.41, 5.74) is 7.63. The molecule has 1 aliphatic heterocycles. The first kappa shape index (κ1) is 12.0. The van der Waals surface area contributed by atoms with E-state index in [9.17, 15) is 4.79 Å². The number of nitrogens with two attached hydrogens (primary N) is 1. The van der Waals surface area contributed by atoms with Gasteiger partial charge in [0.2, 0.25) is 0 Å². The molecule has 1 aromatic rings. The van der Waals surface area contributed by atoms with Gasteiger partial charge in [-0.15, -0.1) is 0 Å². The van der Waals surface area contributed by atoms with Gasteiger partial charge in [0.25, 0.3) is 5.91 Å². The minimum Gasteiger partial charge on any atom is -0.335 e. The maximum absolute atomic E-state index is 12.1. The lowest BCUT2D eigenvalue weighted by molar-refractivity contribution is 0.0386. The molecule has 17 heavy (non-hydrogen) atoms. The van der Waals surface area contributed by atoms with Crippen molar-refractivity contribution in [3.05, 3.63) is 29.6 Å². The number of aromatic nitrogens is 1. The Bertz CT molecular complexity index is 424. The number of carbonyl (C=O) groups excluding carboxylic acids is 1. The van der Waals surface area contributed by atoms with E-state index in [2.05, 4.69) is 11.9 Å². The Morgan fingerprint density at radius 3 is 2.82 bits per heavy atom. The highest BCUT2D eigenvalue weighted by molar-refractivity contribution is 5.94. The fraction of sp³-hybridized carbons (Fsp3) is 0.538. The summed E-state index contributed by atoms with van der Waals surface area (Å²) in [5, 5.41) is 0. The van der Waals surface area contributed by atoms with Gasteiger partial charge in [0, 0.05) is 25.5 Å². The molecule has 1 saturated heterocycles. The molecule has 2 rings (SSSR count). The number of carbonyl (C=O) groups is 1. The second kappa shape index (κ2) is 4.45. The number of nitrogens with zero attached hydrogens (tertiary/aromatic N) is 2. The third-order valence-electron chi connectivity index (χ3n) is 3.17. The molecule has 1 aromatic heterocycles. The van der Waals surface area contributed by atoms with Crippen LogP contribution in [0.1, 0.15) is 35.7 Å². The van der Waals surface area contributed by atoms with Crippen LogP contribution in [0.3, 0.4) is 0 Å². The Balaban J connectivity index is 2.00. The number of pyridine rings is 1. The molecule has 1 amide bonds. The lowest BCUT2D eigenvalue weighted by Crippen LogP contribution is -2.68. The van der Waals surface area contributed by atoms with Crippen LogP contribution in [0.2, 0.25) is 0 Å². The third kappa shape index (κ3) is 2.47. The monoisotopic (exact) mass is 233 g/mol. The lowest BCUT2D eigenvalue weighted by Gasteiger charge is -2.47. The summed E-state index contributed by atoms with van der Waals surface area (Å²) in [6, 6.07) is 1.87. The third-order valence-corrected chi connectivity index (χ3v) is 3.17. The molecule has 0 aromatic carbocycles. The van der Waals surface area contributed by atoms with Gasteiger partial charge >= 0.3 is 0 Å². The number of aryl methyl sites for hydroxylation is 1. The van der Waals surface area contributed by atoms with Gasteiger partial charge in [0.1, 0.15) is 0 Å². The molecule has 92 valence electrons. The molecule has 2 N–H and O–H groups in total. The molecular weight excluding hydrogens is 214 g/mol. The van der Waals surface area contributed by atoms with Crippen molar-refractivity contribution >= 4 is 5.91 Å². The average Bonchev–Trinajstić information content (AvgIpc) is 2.25. The lowest BCUT2D eigenvalue weighted by atomic mass is 9.86. The topological polar surface area (TPSA) is 59.2 Å². The zero-order chi connectivity index (χ0) is 12.5. The quantitative estimate of drug-likeness (QED) is 0.857. The highest BCUT2D eigenvalue weighted by Gasteiger charge is 2.41. The van der Waals surface area contributed by atoms with Crippen LogP contribution < -0.4 is 5.73 Å². The van der Waals surface area contributed by atoms with Gasteiger partial charge in [-0.25, -0.2) is 0 Å². The van der Waals surface area contributed by atoms with Crippen molar-refractivity contribution in [1.82, 2.24) is 9.88 Å². The van der Waals surface area contributed by atoms with E-state index in [0.29, 0.717) is 18.7 Å². The first-order chi connectivity index (χ1) is 8.04. The Labute approximate surface area is 102 Å². The van der Waals surface area contributed by atoms with Crippen LogP contribution in [0.4, 0.5) is 0 Å². The molecule has 4 nitrogen and oxygen atoms in total. The zero-order valence-electron chi connectivity index (χ0n) is 10.4. The van der Waals surface area contributed by atoms with Crippen molar-refractivity contribution in [2.75, 3.05) is 13.1 Å². The van der Waals surface area contributed by atoms with Crippen LogP contribution in [0.5, 0.6) is 0 Å². The Kier molecular flexibility index (Phi) is 3.15. The van der Waals surface area contributed by atoms with Crippen molar-refractivity contribution in [3.8, 4) is 0 Å². The van der Waals surface area contributed by atoms with Crippen LogP contribution in [0.25, 0.3) is 0 Å². The standard InChI is InChI=1S/C13H19N3O/c1-3-4-13(14)8-16(9-13)12(17)11-5-10(2)6-15-7-11/h5-7H,3-4,8-9,14H2,1-2H3. The zero-order valence-corrected chi connectivity index (χ0v) is 10.4. The van der Waals surface area contributed by atoms with Gasteiger partial charge in [0.15, 0.2) is 0 Å². The van der Waals surface area contributed by atoms with Crippen molar-refractivity contribution in [3.63, 3.8) is 0 Å². The van der Waals surface area contributed by atoms with E-state index in [1.54, 1.807) is 17.3 Å². The largest absolute Gasteiger partial charge is 0.335 e. The highest BCUT2D eigenvalue weighted by Crippen LogP contribution is 2.24. The second-order valence-corrected chi connectivity index (χ2v) is 5.02. The molecule has 0 aliphatic carbocycles. The maximum atomic E-state index is 12.1. The Hall–Kier alpha value is -1.42. The number of likely N-dealkylation sites (tertiary alicyclic amines) is 1. The minimum absolute atomic E-state index is 0.0402. The van der Waals surface area contributed by atoms with E-state index in [-0.39, 0.29) is 11.4 Å². The van der Waals surface area contributed by atoms with E-state index in [1.165, 1.54) is 0 Å². The van der Waals surface area contributed by atoms with Crippen LogP contribution in [0, 0.1) is 6.92 Å². The molecule has 0 bridgehead atoms. The first-order valence-electron chi connectivity index (χ1n) is 6.04. The summed E-state index contributed by atoms with van der Waals surface area (Å²) in [4.78, 5) is 17.9. The summed E-state index contributed by atoms with van der Waals surface area (Å²) in [7, 11) is 0. The van der Waals surface area contributed by atoms with E-state index < -0.39 is 0 Å². The average molecular weight is 233 g/mol. The molecule has 0 saturated carbocycles. The molecule has 0 atom stereocenters. The van der Waals surface area contributed by atoms with Crippen LogP contribution in [0.15, 0.2) is 18.5 Å². The van der Waals surface area contributed by atoms with E-state index in [1.807, 2.05) is 13.0 Å². The minimum atomic E-state index is -0.165. The first-order valence-corrected chi connectivity index (χ1v) is 6.04. The van der Waals surface area contributed by atoms with Gasteiger partial charge in [-0.3, -0.25) is 9.78 Å². The molecule has 2 heterocycles. The molecule has 1 fully saturated rings. The predicted molar refractivity (Wildman–Crippen MR) is 66.7 cm³/mol. The van der Waals surface area contributed by atoms with Crippen LogP contribution >= 0.6 is 0 Å². The summed E-state index contributed by atoms with van der Waals surface area (Å²) < 4.78 is 0. The van der Waals surface area contributed by atoms with Crippen LogP contribution in [-0.2, 0) is 0 Å². The SMILES string of the molecule is CCCC1(N)CN(C(=O)c2cncc(C)c2)C1. The summed E-state index contributed by atoms with van der Waals surface area (Å²) in [6.07, 6.45) is 5.40. The predicted octanol–water partition coefficient (Wildman–Crippen LogP) is 1.34. The summed E-state index contributed by atoms with van der Waals surface area (Å²) in [5.74, 6) is 0.0402. The van der Waals surface area contributed by atoms with Gasteiger partial charge < -0.3 is 10.6 Å². The van der Waals surface area contributed by atoms with E-state index in [4.69, 9.17) is 5.73 Å². The summed E-state index contributed by atoms with van der Waals surface area (Å²) in [6.45, 7) is 5.37. The number of hydrogen-bond donors (Lipinski definition) is 1.